The van der Waals surface area contributed by atoms with E-state index in [1.165, 1.54) is 0 Å². The molecule has 14 heavy (non-hydrogen) atoms. The van der Waals surface area contributed by atoms with Gasteiger partial charge in [-0.15, -0.1) is 11.6 Å². The SMILES string of the molecule is ON=C(C(F)F)C1(CCl)CCCCC1. The number of rotatable bonds is 3. The maximum atomic E-state index is 12.6. The van der Waals surface area contributed by atoms with Crippen molar-refractivity contribution in [1.29, 1.82) is 0 Å². The van der Waals surface area contributed by atoms with Crippen molar-refractivity contribution in [3.05, 3.63) is 0 Å². The van der Waals surface area contributed by atoms with Gasteiger partial charge < -0.3 is 5.21 Å². The first-order valence-electron chi connectivity index (χ1n) is 4.73. The molecule has 0 spiro atoms. The predicted octanol–water partition coefficient (Wildman–Crippen LogP) is 3.27. The quantitative estimate of drug-likeness (QED) is 0.340. The van der Waals surface area contributed by atoms with Gasteiger partial charge >= 0.3 is 0 Å². The molecule has 1 fully saturated rings. The monoisotopic (exact) mass is 225 g/mol. The first-order chi connectivity index (χ1) is 6.66. The van der Waals surface area contributed by atoms with Crippen LogP contribution in [-0.4, -0.2) is 23.2 Å². The molecule has 0 heterocycles. The Hall–Kier alpha value is -0.380. The van der Waals surface area contributed by atoms with Crippen molar-refractivity contribution < 1.29 is 14.0 Å². The molecule has 0 unspecified atom stereocenters. The lowest BCUT2D eigenvalue weighted by atomic mass is 9.72. The van der Waals surface area contributed by atoms with E-state index in [0.717, 1.165) is 19.3 Å². The second-order valence-corrected chi connectivity index (χ2v) is 4.03. The smallest absolute Gasteiger partial charge is 0.280 e. The van der Waals surface area contributed by atoms with E-state index in [4.69, 9.17) is 16.8 Å². The molecule has 0 aromatic carbocycles. The van der Waals surface area contributed by atoms with Crippen LogP contribution in [0.1, 0.15) is 32.1 Å². The van der Waals surface area contributed by atoms with Crippen LogP contribution in [-0.2, 0) is 0 Å². The van der Waals surface area contributed by atoms with Crippen LogP contribution in [0.25, 0.3) is 0 Å². The Morgan fingerprint density at radius 1 is 1.36 bits per heavy atom. The van der Waals surface area contributed by atoms with Gasteiger partial charge in [0.2, 0.25) is 0 Å². The lowest BCUT2D eigenvalue weighted by molar-refractivity contribution is 0.180. The third-order valence-electron chi connectivity index (χ3n) is 2.92. The predicted molar refractivity (Wildman–Crippen MR) is 51.5 cm³/mol. The van der Waals surface area contributed by atoms with Gasteiger partial charge in [0, 0.05) is 11.3 Å². The molecule has 0 radical (unpaired) electrons. The molecule has 0 aliphatic heterocycles. The second-order valence-electron chi connectivity index (χ2n) is 3.76. The molecule has 1 aliphatic carbocycles. The summed E-state index contributed by atoms with van der Waals surface area (Å²) in [5.41, 5.74) is -1.21. The number of hydrogen-bond donors (Lipinski definition) is 1. The minimum absolute atomic E-state index is 0.108. The summed E-state index contributed by atoms with van der Waals surface area (Å²) in [5.74, 6) is 0.108. The van der Waals surface area contributed by atoms with Crippen molar-refractivity contribution in [2.45, 2.75) is 38.5 Å². The van der Waals surface area contributed by atoms with Gasteiger partial charge in [0.1, 0.15) is 5.71 Å². The third kappa shape index (κ3) is 2.16. The molecule has 0 atom stereocenters. The summed E-state index contributed by atoms with van der Waals surface area (Å²) in [7, 11) is 0. The zero-order valence-corrected chi connectivity index (χ0v) is 8.60. The lowest BCUT2D eigenvalue weighted by Crippen LogP contribution is -2.39. The molecule has 0 aromatic heterocycles. The molecular formula is C9H14ClF2NO. The van der Waals surface area contributed by atoms with Crippen molar-refractivity contribution in [1.82, 2.24) is 0 Å². The van der Waals surface area contributed by atoms with E-state index in [1.54, 1.807) is 0 Å². The van der Waals surface area contributed by atoms with Crippen LogP contribution in [0.3, 0.4) is 0 Å². The van der Waals surface area contributed by atoms with Crippen LogP contribution < -0.4 is 0 Å². The Bertz CT molecular complexity index is 215. The van der Waals surface area contributed by atoms with Crippen molar-refractivity contribution >= 4 is 17.3 Å². The molecule has 82 valence electrons. The largest absolute Gasteiger partial charge is 0.411 e. The summed E-state index contributed by atoms with van der Waals surface area (Å²) >= 11 is 5.73. The summed E-state index contributed by atoms with van der Waals surface area (Å²) in [6.45, 7) is 0. The van der Waals surface area contributed by atoms with Gasteiger partial charge in [0.05, 0.1) is 0 Å². The topological polar surface area (TPSA) is 32.6 Å². The zero-order valence-electron chi connectivity index (χ0n) is 7.85. The molecule has 1 rings (SSSR count). The van der Waals surface area contributed by atoms with Crippen LogP contribution in [0.4, 0.5) is 8.78 Å². The summed E-state index contributed by atoms with van der Waals surface area (Å²) in [4.78, 5) is 0. The Labute approximate surface area is 86.9 Å². The van der Waals surface area contributed by atoms with E-state index in [0.29, 0.717) is 12.8 Å². The van der Waals surface area contributed by atoms with Gasteiger partial charge in [0.15, 0.2) is 0 Å². The Morgan fingerprint density at radius 2 is 1.93 bits per heavy atom. The molecule has 1 aliphatic rings. The molecule has 0 amide bonds. The summed E-state index contributed by atoms with van der Waals surface area (Å²) in [6, 6.07) is 0. The summed E-state index contributed by atoms with van der Waals surface area (Å²) in [5, 5.41) is 11.3. The third-order valence-corrected chi connectivity index (χ3v) is 3.44. The fraction of sp³-hybridized carbons (Fsp3) is 0.889. The van der Waals surface area contributed by atoms with Crippen molar-refractivity contribution in [2.75, 3.05) is 5.88 Å². The fourth-order valence-corrected chi connectivity index (χ4v) is 2.47. The number of nitrogens with zero attached hydrogens (tertiary/aromatic N) is 1. The highest BCUT2D eigenvalue weighted by Gasteiger charge is 2.41. The van der Waals surface area contributed by atoms with Gasteiger partial charge in [-0.05, 0) is 12.8 Å². The van der Waals surface area contributed by atoms with Gasteiger partial charge in [-0.1, -0.05) is 24.4 Å². The highest BCUT2D eigenvalue weighted by molar-refractivity contribution is 6.20. The minimum Gasteiger partial charge on any atom is -0.411 e. The highest BCUT2D eigenvalue weighted by atomic mass is 35.5. The van der Waals surface area contributed by atoms with Crippen molar-refractivity contribution in [3.8, 4) is 0 Å². The molecule has 0 bridgehead atoms. The van der Waals surface area contributed by atoms with Crippen molar-refractivity contribution in [3.63, 3.8) is 0 Å². The maximum Gasteiger partial charge on any atom is 0.280 e. The first-order valence-corrected chi connectivity index (χ1v) is 5.26. The average Bonchev–Trinajstić information content (AvgIpc) is 2.19. The molecule has 0 saturated heterocycles. The van der Waals surface area contributed by atoms with Crippen LogP contribution in [0.2, 0.25) is 0 Å². The number of oxime groups is 1. The van der Waals surface area contributed by atoms with E-state index in [-0.39, 0.29) is 5.88 Å². The average molecular weight is 226 g/mol. The van der Waals surface area contributed by atoms with Crippen LogP contribution in [0, 0.1) is 5.41 Å². The Morgan fingerprint density at radius 3 is 2.29 bits per heavy atom. The number of halogens is 3. The molecule has 0 aromatic rings. The summed E-state index contributed by atoms with van der Waals surface area (Å²) in [6.07, 6.45) is 1.27. The fourth-order valence-electron chi connectivity index (χ4n) is 2.07. The van der Waals surface area contributed by atoms with Gasteiger partial charge in [-0.3, -0.25) is 0 Å². The van der Waals surface area contributed by atoms with Gasteiger partial charge in [0.25, 0.3) is 6.43 Å². The second kappa shape index (κ2) is 4.91. The Kier molecular flexibility index (Phi) is 4.11. The standard InChI is InChI=1S/C9H14ClF2NO/c10-6-9(4-2-1-3-5-9)7(13-14)8(11)12/h8,14H,1-6H2. The molecule has 5 heteroatoms. The zero-order chi connectivity index (χ0) is 10.6. The minimum atomic E-state index is -2.71. The molecule has 1 saturated carbocycles. The molecular weight excluding hydrogens is 212 g/mol. The first kappa shape index (κ1) is 11.7. The summed E-state index contributed by atoms with van der Waals surface area (Å²) < 4.78 is 25.1. The maximum absolute atomic E-state index is 12.6. The normalized spacial score (nSPS) is 22.7. The van der Waals surface area contributed by atoms with Crippen LogP contribution in [0.15, 0.2) is 5.16 Å². The van der Waals surface area contributed by atoms with E-state index in [2.05, 4.69) is 5.16 Å². The van der Waals surface area contributed by atoms with E-state index >= 15 is 0 Å². The van der Waals surface area contributed by atoms with Crippen LogP contribution in [0.5, 0.6) is 0 Å². The van der Waals surface area contributed by atoms with E-state index in [1.807, 2.05) is 0 Å². The van der Waals surface area contributed by atoms with Gasteiger partial charge in [-0.2, -0.15) is 0 Å². The van der Waals surface area contributed by atoms with Gasteiger partial charge in [-0.25, -0.2) is 8.78 Å². The molecule has 1 N–H and O–H groups in total. The number of hydrogen-bond acceptors (Lipinski definition) is 2. The molecule has 2 nitrogen and oxygen atoms in total. The van der Waals surface area contributed by atoms with Crippen LogP contribution >= 0.6 is 11.6 Å². The van der Waals surface area contributed by atoms with E-state index in [9.17, 15) is 8.78 Å². The van der Waals surface area contributed by atoms with Crippen molar-refractivity contribution in [2.24, 2.45) is 10.6 Å². The lowest BCUT2D eigenvalue weighted by Gasteiger charge is -2.35. The Balaban J connectivity index is 2.86. The number of alkyl halides is 3. The van der Waals surface area contributed by atoms with E-state index < -0.39 is 17.6 Å². The highest BCUT2D eigenvalue weighted by Crippen LogP contribution is 2.40.